The minimum Gasteiger partial charge on any atom is -0.475 e. The summed E-state index contributed by atoms with van der Waals surface area (Å²) in [5.41, 5.74) is 4.33. The van der Waals surface area contributed by atoms with Crippen molar-refractivity contribution < 1.29 is 27.8 Å². The van der Waals surface area contributed by atoms with Crippen LogP contribution < -0.4 is 29.9 Å². The third-order valence-electron chi connectivity index (χ3n) is 12.0. The van der Waals surface area contributed by atoms with Crippen molar-refractivity contribution in [1.29, 1.82) is 0 Å². The Morgan fingerprint density at radius 1 is 0.895 bits per heavy atom. The molecule has 290 valence electrons. The van der Waals surface area contributed by atoms with Gasteiger partial charge in [-0.1, -0.05) is 0 Å². The number of pyridine rings is 2. The molecule has 6 aromatic rings. The summed E-state index contributed by atoms with van der Waals surface area (Å²) in [7, 11) is 0. The van der Waals surface area contributed by atoms with Crippen LogP contribution in [0, 0.1) is 11.6 Å². The minimum absolute atomic E-state index is 0.0162. The Hall–Kier alpha value is -6.46. The van der Waals surface area contributed by atoms with Gasteiger partial charge in [-0.25, -0.2) is 37.7 Å². The number of rotatable bonds is 2. The molecule has 2 amide bonds. The maximum Gasteiger partial charge on any atom is 0.257 e. The van der Waals surface area contributed by atoms with E-state index in [0.717, 1.165) is 23.5 Å². The number of hydrogen-bond donors (Lipinski definition) is 2. The van der Waals surface area contributed by atoms with Gasteiger partial charge in [0.2, 0.25) is 11.8 Å². The fourth-order valence-corrected chi connectivity index (χ4v) is 8.69. The van der Waals surface area contributed by atoms with E-state index in [0.29, 0.717) is 83.4 Å². The standard InChI is InChI=1S/C39H36F2N12O4/c1-19-7-27-30(53-34-29(15-46-53)36(55)49-39(4-5-39)18-56-37-22(8-23(40)11-43-37)16-51(19)32(27)48-34)10-25-13-42-35(54)28-14-45-52-17-21-3-6-50(31(21)47-33(28)52)20(2)26-9-24(41)12-44-38(26)57-25/h8-9,11-12,14-15,17,19-20,25H,3-7,10,13,16,18H2,1-2H3,(H,42,54)(H,49,55)/t19-,20-,25+/m1/s1. The first-order chi connectivity index (χ1) is 27.6. The molecule has 0 saturated heterocycles. The summed E-state index contributed by atoms with van der Waals surface area (Å²) < 4.78 is 46.0. The van der Waals surface area contributed by atoms with Crippen molar-refractivity contribution in [3.8, 4) is 11.8 Å². The van der Waals surface area contributed by atoms with Crippen molar-refractivity contribution in [1.82, 2.24) is 49.8 Å². The molecule has 11 rings (SSSR count). The predicted molar refractivity (Wildman–Crippen MR) is 199 cm³/mol. The van der Waals surface area contributed by atoms with Gasteiger partial charge in [0.15, 0.2) is 11.3 Å². The van der Waals surface area contributed by atoms with Crippen LogP contribution in [0.4, 0.5) is 20.4 Å². The van der Waals surface area contributed by atoms with Crippen LogP contribution in [0.2, 0.25) is 0 Å². The molecule has 1 fully saturated rings. The summed E-state index contributed by atoms with van der Waals surface area (Å²) in [4.78, 5) is 50.7. The second kappa shape index (κ2) is 12.3. The van der Waals surface area contributed by atoms with Crippen LogP contribution >= 0.6 is 0 Å². The Bertz CT molecular complexity index is 2700. The van der Waals surface area contributed by atoms with Crippen molar-refractivity contribution in [3.63, 3.8) is 0 Å². The molecule has 10 heterocycles. The number of nitrogens with one attached hydrogen (secondary N) is 2. The van der Waals surface area contributed by atoms with E-state index in [1.54, 1.807) is 9.03 Å². The quantitative estimate of drug-likeness (QED) is 0.264. The molecular formula is C39H36F2N12O4. The third-order valence-corrected chi connectivity index (χ3v) is 12.0. The summed E-state index contributed by atoms with van der Waals surface area (Å²) >= 11 is 0. The zero-order valence-corrected chi connectivity index (χ0v) is 31.0. The minimum atomic E-state index is -0.764. The number of carbonyl (C=O) groups excluding carboxylic acids is 2. The van der Waals surface area contributed by atoms with Gasteiger partial charge in [-0.2, -0.15) is 10.2 Å². The maximum absolute atomic E-state index is 15.0. The first kappa shape index (κ1) is 33.8. The molecule has 0 radical (unpaired) electrons. The van der Waals surface area contributed by atoms with Gasteiger partial charge in [0, 0.05) is 47.5 Å². The summed E-state index contributed by atoms with van der Waals surface area (Å²) in [5.74, 6) is 0.0843. The van der Waals surface area contributed by atoms with Crippen molar-refractivity contribution in [2.75, 3.05) is 29.5 Å². The lowest BCUT2D eigenvalue weighted by Crippen LogP contribution is -2.41. The number of ether oxygens (including phenoxy) is 2. The Balaban J connectivity index is 1.04. The zero-order chi connectivity index (χ0) is 38.7. The number of fused-ring (bicyclic) bond motifs is 2. The van der Waals surface area contributed by atoms with Gasteiger partial charge in [-0.05, 0) is 51.7 Å². The van der Waals surface area contributed by atoms with Crippen LogP contribution in [0.3, 0.4) is 0 Å². The smallest absolute Gasteiger partial charge is 0.257 e. The highest BCUT2D eigenvalue weighted by molar-refractivity contribution is 6.01. The topological polar surface area (TPSA) is 169 Å². The Kier molecular flexibility index (Phi) is 7.28. The molecule has 5 aliphatic rings. The number of nitrogens with zero attached hydrogens (tertiary/aromatic N) is 10. The Morgan fingerprint density at radius 2 is 1.67 bits per heavy atom. The highest BCUT2D eigenvalue weighted by Crippen LogP contribution is 2.41. The predicted octanol–water partition coefficient (Wildman–Crippen LogP) is 3.30. The van der Waals surface area contributed by atoms with Crippen molar-refractivity contribution in [2.45, 2.75) is 76.2 Å². The van der Waals surface area contributed by atoms with E-state index in [-0.39, 0.29) is 55.4 Å². The molecule has 1 spiro atoms. The molecule has 1 aliphatic carbocycles. The highest BCUT2D eigenvalue weighted by atomic mass is 19.1. The summed E-state index contributed by atoms with van der Waals surface area (Å²) in [6, 6.07) is 2.37. The molecule has 0 unspecified atom stereocenters. The molecule has 4 aliphatic heterocycles. The van der Waals surface area contributed by atoms with Gasteiger partial charge in [0.05, 0.1) is 55.2 Å². The van der Waals surface area contributed by atoms with Gasteiger partial charge in [0.25, 0.3) is 11.8 Å². The number of carbonyl (C=O) groups is 2. The number of hydrogen-bond acceptors (Lipinski definition) is 12. The molecule has 3 atom stereocenters. The normalized spacial score (nSPS) is 22.1. The van der Waals surface area contributed by atoms with Gasteiger partial charge in [-0.3, -0.25) is 9.59 Å². The van der Waals surface area contributed by atoms with E-state index in [2.05, 4.69) is 42.4 Å². The highest BCUT2D eigenvalue weighted by Gasteiger charge is 2.46. The van der Waals surface area contributed by atoms with Crippen LogP contribution in [0.15, 0.2) is 43.1 Å². The maximum atomic E-state index is 15.0. The lowest BCUT2D eigenvalue weighted by molar-refractivity contribution is 0.0909. The van der Waals surface area contributed by atoms with Crippen LogP contribution in [0.25, 0.3) is 11.3 Å². The van der Waals surface area contributed by atoms with Crippen molar-refractivity contribution in [2.24, 2.45) is 0 Å². The first-order valence-electron chi connectivity index (χ1n) is 19.1. The van der Waals surface area contributed by atoms with E-state index in [1.165, 1.54) is 24.5 Å². The van der Waals surface area contributed by atoms with E-state index >= 15 is 4.39 Å². The van der Waals surface area contributed by atoms with Gasteiger partial charge >= 0.3 is 0 Å². The molecule has 6 aromatic heterocycles. The largest absolute Gasteiger partial charge is 0.475 e. The van der Waals surface area contributed by atoms with Crippen molar-refractivity contribution >= 4 is 34.7 Å². The SMILES string of the molecule is C[C@@H]1Cc2c3nc4c(cnn4c2C[C@H]2CNC(=O)c4cnn5cc6c(nc45)N(CC6)[C@H](C)c4cc(F)cnc4O2)C(=O)NC2(CC2)COc2ncc(F)cc2CN31. The number of halogens is 2. The molecule has 16 nitrogen and oxygen atoms in total. The first-order valence-corrected chi connectivity index (χ1v) is 19.1. The molecule has 0 aromatic carbocycles. The van der Waals surface area contributed by atoms with E-state index in [1.807, 2.05) is 13.1 Å². The second-order valence-corrected chi connectivity index (χ2v) is 15.7. The number of aromatic nitrogens is 8. The van der Waals surface area contributed by atoms with Crippen LogP contribution in [-0.2, 0) is 25.8 Å². The molecule has 2 N–H and O–H groups in total. The van der Waals surface area contributed by atoms with E-state index in [9.17, 15) is 14.0 Å². The molecule has 1 saturated carbocycles. The average molecular weight is 775 g/mol. The molecule has 4 bridgehead atoms. The Labute approximate surface area is 323 Å². The van der Waals surface area contributed by atoms with Gasteiger partial charge in [0.1, 0.15) is 47.1 Å². The summed E-state index contributed by atoms with van der Waals surface area (Å²) in [6.07, 6.45) is 9.22. The fourth-order valence-electron chi connectivity index (χ4n) is 8.69. The fraction of sp³-hybridized carbons (Fsp3) is 0.385. The summed E-state index contributed by atoms with van der Waals surface area (Å²) in [6.45, 7) is 5.07. The lowest BCUT2D eigenvalue weighted by Gasteiger charge is -2.29. The van der Waals surface area contributed by atoms with E-state index in [4.69, 9.17) is 24.5 Å². The monoisotopic (exact) mass is 774 g/mol. The third kappa shape index (κ3) is 5.43. The van der Waals surface area contributed by atoms with Crippen LogP contribution in [0.1, 0.15) is 81.4 Å². The van der Waals surface area contributed by atoms with Crippen LogP contribution in [-0.4, -0.2) is 88.4 Å². The van der Waals surface area contributed by atoms with Gasteiger partial charge in [-0.15, -0.1) is 0 Å². The van der Waals surface area contributed by atoms with E-state index < -0.39 is 29.3 Å². The molecular weight excluding hydrogens is 739 g/mol. The lowest BCUT2D eigenvalue weighted by atomic mass is 10.0. The molecule has 18 heteroatoms. The molecule has 57 heavy (non-hydrogen) atoms. The van der Waals surface area contributed by atoms with Gasteiger partial charge < -0.3 is 29.9 Å². The zero-order valence-electron chi connectivity index (χ0n) is 31.0. The Morgan fingerprint density at radius 3 is 2.51 bits per heavy atom. The number of amides is 2. The second-order valence-electron chi connectivity index (χ2n) is 15.7. The number of anilines is 2. The van der Waals surface area contributed by atoms with Crippen LogP contribution in [0.5, 0.6) is 11.8 Å². The van der Waals surface area contributed by atoms with Crippen molar-refractivity contribution in [3.05, 3.63) is 93.8 Å². The average Bonchev–Trinajstić information content (AvgIpc) is 3.53. The summed E-state index contributed by atoms with van der Waals surface area (Å²) in [5, 5.41) is 15.3.